The van der Waals surface area contributed by atoms with Gasteiger partial charge in [0.2, 0.25) is 5.91 Å². The van der Waals surface area contributed by atoms with Crippen molar-refractivity contribution in [1.82, 2.24) is 15.8 Å². The Morgan fingerprint density at radius 1 is 1.00 bits per heavy atom. The Kier molecular flexibility index (Phi) is 7.59. The number of rotatable bonds is 6. The summed E-state index contributed by atoms with van der Waals surface area (Å²) >= 11 is 6.59. The van der Waals surface area contributed by atoms with Gasteiger partial charge in [-0.3, -0.25) is 30.1 Å². The fraction of sp³-hybridized carbons (Fsp3) is 0.217. The van der Waals surface area contributed by atoms with Crippen LogP contribution in [0, 0.1) is 13.8 Å². The van der Waals surface area contributed by atoms with Gasteiger partial charge < -0.3 is 0 Å². The Hall–Kier alpha value is -2.97. The third-order valence-electron chi connectivity index (χ3n) is 4.66. The van der Waals surface area contributed by atoms with Crippen LogP contribution in [0.1, 0.15) is 39.9 Å². The Balaban J connectivity index is 1.45. The summed E-state index contributed by atoms with van der Waals surface area (Å²) < 4.78 is 0.483. The van der Waals surface area contributed by atoms with Crippen molar-refractivity contribution in [3.05, 3.63) is 75.7 Å². The molecule has 3 amide bonds. The normalized spacial score (nSPS) is 14.8. The van der Waals surface area contributed by atoms with E-state index in [9.17, 15) is 14.4 Å². The van der Waals surface area contributed by atoms with Gasteiger partial charge in [-0.15, -0.1) is 0 Å². The quantitative estimate of drug-likeness (QED) is 0.396. The zero-order valence-electron chi connectivity index (χ0n) is 17.3. The number of nitrogens with zero attached hydrogens (tertiary/aromatic N) is 1. The minimum Gasteiger partial charge on any atom is -0.293 e. The van der Waals surface area contributed by atoms with Gasteiger partial charge in [-0.05, 0) is 44.0 Å². The van der Waals surface area contributed by atoms with Gasteiger partial charge in [0.1, 0.15) is 4.32 Å². The molecule has 1 aliphatic rings. The molecule has 160 valence electrons. The lowest BCUT2D eigenvalue weighted by molar-refractivity contribution is -0.124. The average Bonchev–Trinajstić information content (AvgIpc) is 3.01. The van der Waals surface area contributed by atoms with Crippen molar-refractivity contribution in [2.24, 2.45) is 0 Å². The Morgan fingerprint density at radius 2 is 1.61 bits per heavy atom. The number of hydrazine groups is 1. The highest BCUT2D eigenvalue weighted by Gasteiger charge is 2.31. The standard InChI is InChI=1S/C23H23N3O3S2/c1-15-5-9-17(10-6-15)14-19-22(29)26(23(30)31-19)13-3-4-20(27)24-25-21(28)18-11-7-16(2)8-12-18/h5-12,14H,3-4,13H2,1-2H3,(H,24,27)(H,25,28)/b19-14+. The lowest BCUT2D eigenvalue weighted by atomic mass is 10.1. The number of aryl methyl sites for hydroxylation is 2. The van der Waals surface area contributed by atoms with Crippen LogP contribution < -0.4 is 10.9 Å². The van der Waals surface area contributed by atoms with Crippen LogP contribution in [-0.2, 0) is 9.59 Å². The van der Waals surface area contributed by atoms with Crippen LogP contribution >= 0.6 is 24.0 Å². The molecule has 0 aromatic heterocycles. The minimum atomic E-state index is -0.383. The Labute approximate surface area is 191 Å². The van der Waals surface area contributed by atoms with E-state index < -0.39 is 0 Å². The third kappa shape index (κ3) is 6.26. The highest BCUT2D eigenvalue weighted by atomic mass is 32.2. The van der Waals surface area contributed by atoms with E-state index in [2.05, 4.69) is 10.9 Å². The number of hydrogen-bond acceptors (Lipinski definition) is 5. The van der Waals surface area contributed by atoms with Gasteiger partial charge in [0.15, 0.2) is 0 Å². The van der Waals surface area contributed by atoms with Crippen molar-refractivity contribution in [2.75, 3.05) is 6.54 Å². The van der Waals surface area contributed by atoms with Crippen molar-refractivity contribution >= 4 is 52.1 Å². The van der Waals surface area contributed by atoms with E-state index in [1.807, 2.05) is 56.3 Å². The fourth-order valence-corrected chi connectivity index (χ4v) is 4.18. The highest BCUT2D eigenvalue weighted by Crippen LogP contribution is 2.32. The molecule has 6 nitrogen and oxygen atoms in total. The van der Waals surface area contributed by atoms with Crippen LogP contribution in [0.4, 0.5) is 0 Å². The first-order valence-electron chi connectivity index (χ1n) is 9.81. The molecule has 1 aliphatic heterocycles. The molecule has 0 bridgehead atoms. The van der Waals surface area contributed by atoms with Crippen LogP contribution in [0.3, 0.4) is 0 Å². The van der Waals surface area contributed by atoms with Crippen LogP contribution in [0.15, 0.2) is 53.4 Å². The topological polar surface area (TPSA) is 78.5 Å². The predicted octanol–water partition coefficient (Wildman–Crippen LogP) is 3.75. The molecule has 1 fully saturated rings. The van der Waals surface area contributed by atoms with Crippen molar-refractivity contribution in [1.29, 1.82) is 0 Å². The summed E-state index contributed by atoms with van der Waals surface area (Å²) in [4.78, 5) is 38.8. The van der Waals surface area contributed by atoms with Crippen LogP contribution in [-0.4, -0.2) is 33.5 Å². The van der Waals surface area contributed by atoms with Gasteiger partial charge >= 0.3 is 0 Å². The average molecular weight is 454 g/mol. The Bertz CT molecular complexity index is 1030. The lowest BCUT2D eigenvalue weighted by Crippen LogP contribution is -2.41. The summed E-state index contributed by atoms with van der Waals surface area (Å²) in [5, 5.41) is 0. The molecular formula is C23H23N3O3S2. The monoisotopic (exact) mass is 453 g/mol. The second-order valence-electron chi connectivity index (χ2n) is 7.22. The fourth-order valence-electron chi connectivity index (χ4n) is 2.87. The first-order chi connectivity index (χ1) is 14.8. The zero-order chi connectivity index (χ0) is 22.4. The number of thiocarbonyl (C=S) groups is 1. The molecule has 2 aromatic carbocycles. The van der Waals surface area contributed by atoms with Crippen molar-refractivity contribution in [3.8, 4) is 0 Å². The summed E-state index contributed by atoms with van der Waals surface area (Å²) in [5.41, 5.74) is 8.39. The van der Waals surface area contributed by atoms with Gasteiger partial charge in [-0.25, -0.2) is 0 Å². The zero-order valence-corrected chi connectivity index (χ0v) is 18.9. The molecule has 1 heterocycles. The van der Waals surface area contributed by atoms with Crippen LogP contribution in [0.5, 0.6) is 0 Å². The maximum Gasteiger partial charge on any atom is 0.269 e. The summed E-state index contributed by atoms with van der Waals surface area (Å²) in [7, 11) is 0. The third-order valence-corrected chi connectivity index (χ3v) is 6.04. The van der Waals surface area contributed by atoms with Crippen LogP contribution in [0.2, 0.25) is 0 Å². The predicted molar refractivity (Wildman–Crippen MR) is 127 cm³/mol. The Morgan fingerprint density at radius 3 is 2.26 bits per heavy atom. The maximum atomic E-state index is 12.7. The molecule has 31 heavy (non-hydrogen) atoms. The molecule has 2 N–H and O–H groups in total. The van der Waals surface area contributed by atoms with E-state index in [0.29, 0.717) is 27.8 Å². The van der Waals surface area contributed by atoms with Crippen molar-refractivity contribution in [2.45, 2.75) is 26.7 Å². The van der Waals surface area contributed by atoms with E-state index in [0.717, 1.165) is 16.7 Å². The van der Waals surface area contributed by atoms with Crippen molar-refractivity contribution in [3.63, 3.8) is 0 Å². The van der Waals surface area contributed by atoms with E-state index in [4.69, 9.17) is 12.2 Å². The SMILES string of the molecule is Cc1ccc(/C=C2/SC(=S)N(CCCC(=O)NNC(=O)c3ccc(C)cc3)C2=O)cc1. The van der Waals surface area contributed by atoms with Gasteiger partial charge in [0, 0.05) is 18.5 Å². The number of amides is 3. The van der Waals surface area contributed by atoms with Gasteiger partial charge in [-0.1, -0.05) is 71.5 Å². The number of carbonyl (C=O) groups is 3. The molecule has 0 radical (unpaired) electrons. The number of thioether (sulfide) groups is 1. The molecule has 0 aliphatic carbocycles. The second-order valence-corrected chi connectivity index (χ2v) is 8.89. The van der Waals surface area contributed by atoms with Crippen molar-refractivity contribution < 1.29 is 14.4 Å². The molecule has 0 atom stereocenters. The molecular weight excluding hydrogens is 430 g/mol. The number of hydrogen-bond donors (Lipinski definition) is 2. The molecule has 0 saturated carbocycles. The molecule has 3 rings (SSSR count). The molecule has 0 spiro atoms. The molecule has 8 heteroatoms. The number of benzene rings is 2. The summed E-state index contributed by atoms with van der Waals surface area (Å²) in [6, 6.07) is 14.9. The highest BCUT2D eigenvalue weighted by molar-refractivity contribution is 8.26. The van der Waals surface area contributed by atoms with Gasteiger partial charge in [-0.2, -0.15) is 0 Å². The van der Waals surface area contributed by atoms with Gasteiger partial charge in [0.25, 0.3) is 11.8 Å². The van der Waals surface area contributed by atoms with E-state index >= 15 is 0 Å². The van der Waals surface area contributed by atoms with E-state index in [1.165, 1.54) is 16.7 Å². The molecule has 2 aromatic rings. The first kappa shape index (κ1) is 22.7. The van der Waals surface area contributed by atoms with E-state index in [1.54, 1.807) is 12.1 Å². The summed E-state index contributed by atoms with van der Waals surface area (Å²) in [6.45, 7) is 4.28. The number of nitrogens with one attached hydrogen (secondary N) is 2. The first-order valence-corrected chi connectivity index (χ1v) is 11.0. The summed E-state index contributed by atoms with van der Waals surface area (Å²) in [5.74, 6) is -0.865. The van der Waals surface area contributed by atoms with Crippen LogP contribution in [0.25, 0.3) is 6.08 Å². The maximum absolute atomic E-state index is 12.7. The second kappa shape index (κ2) is 10.4. The minimum absolute atomic E-state index is 0.149. The summed E-state index contributed by atoms with van der Waals surface area (Å²) in [6.07, 6.45) is 2.41. The largest absolute Gasteiger partial charge is 0.293 e. The smallest absolute Gasteiger partial charge is 0.269 e. The number of carbonyl (C=O) groups excluding carboxylic acids is 3. The lowest BCUT2D eigenvalue weighted by Gasteiger charge is -2.14. The van der Waals surface area contributed by atoms with Gasteiger partial charge in [0.05, 0.1) is 4.91 Å². The molecule has 1 saturated heterocycles. The van der Waals surface area contributed by atoms with E-state index in [-0.39, 0.29) is 24.1 Å². The molecule has 0 unspecified atom stereocenters.